The number of hydrogen-bond acceptors (Lipinski definition) is 3. The molecule has 0 heterocycles. The highest BCUT2D eigenvalue weighted by Gasteiger charge is 2.03. The zero-order valence-corrected chi connectivity index (χ0v) is 11.2. The molecule has 1 N–H and O–H groups in total. The third-order valence-electron chi connectivity index (χ3n) is 2.21. The summed E-state index contributed by atoms with van der Waals surface area (Å²) in [6, 6.07) is 7.23. The van der Waals surface area contributed by atoms with Crippen molar-refractivity contribution in [2.45, 2.75) is 20.8 Å². The summed E-state index contributed by atoms with van der Waals surface area (Å²) in [4.78, 5) is 11.4. The second kappa shape index (κ2) is 7.58. The van der Waals surface area contributed by atoms with Gasteiger partial charge in [-0.15, -0.1) is 0 Å². The van der Waals surface area contributed by atoms with Gasteiger partial charge < -0.3 is 14.8 Å². The SMILES string of the molecule is CCOc1ccc(OCC(=O)NCC(C)C)cc1. The number of ether oxygens (including phenoxy) is 2. The van der Waals surface area contributed by atoms with E-state index >= 15 is 0 Å². The Morgan fingerprint density at radius 1 is 1.17 bits per heavy atom. The molecule has 100 valence electrons. The molecule has 0 spiro atoms. The van der Waals surface area contributed by atoms with Crippen molar-refractivity contribution in [1.29, 1.82) is 0 Å². The van der Waals surface area contributed by atoms with Crippen molar-refractivity contribution < 1.29 is 14.3 Å². The van der Waals surface area contributed by atoms with Gasteiger partial charge in [0.2, 0.25) is 0 Å². The van der Waals surface area contributed by atoms with Gasteiger partial charge in [0.05, 0.1) is 6.61 Å². The maximum absolute atomic E-state index is 11.4. The van der Waals surface area contributed by atoms with E-state index in [4.69, 9.17) is 9.47 Å². The first kappa shape index (κ1) is 14.4. The average Bonchev–Trinajstić information content (AvgIpc) is 2.36. The lowest BCUT2D eigenvalue weighted by Crippen LogP contribution is -2.31. The second-order valence-corrected chi connectivity index (χ2v) is 4.39. The molecule has 0 aliphatic rings. The summed E-state index contributed by atoms with van der Waals surface area (Å²) in [6.07, 6.45) is 0. The van der Waals surface area contributed by atoms with Gasteiger partial charge >= 0.3 is 0 Å². The molecule has 0 saturated heterocycles. The maximum atomic E-state index is 11.4. The Labute approximate surface area is 108 Å². The molecule has 0 aromatic heterocycles. The van der Waals surface area contributed by atoms with Crippen molar-refractivity contribution in [2.75, 3.05) is 19.8 Å². The molecule has 0 aliphatic heterocycles. The summed E-state index contributed by atoms with van der Waals surface area (Å²) in [5.74, 6) is 1.81. The standard InChI is InChI=1S/C14H21NO3/c1-4-17-12-5-7-13(8-6-12)18-10-14(16)15-9-11(2)3/h5-8,11H,4,9-10H2,1-3H3,(H,15,16). The molecule has 4 heteroatoms. The highest BCUT2D eigenvalue weighted by atomic mass is 16.5. The predicted octanol–water partition coefficient (Wildman–Crippen LogP) is 2.24. The number of amides is 1. The Morgan fingerprint density at radius 2 is 1.72 bits per heavy atom. The third-order valence-corrected chi connectivity index (χ3v) is 2.21. The molecule has 1 amide bonds. The quantitative estimate of drug-likeness (QED) is 0.808. The fourth-order valence-corrected chi connectivity index (χ4v) is 1.32. The Hall–Kier alpha value is -1.71. The number of carbonyl (C=O) groups is 1. The summed E-state index contributed by atoms with van der Waals surface area (Å²) < 4.78 is 10.7. The van der Waals surface area contributed by atoms with E-state index in [9.17, 15) is 4.79 Å². The van der Waals surface area contributed by atoms with Crippen LogP contribution in [0.15, 0.2) is 24.3 Å². The monoisotopic (exact) mass is 251 g/mol. The lowest BCUT2D eigenvalue weighted by Gasteiger charge is -2.09. The van der Waals surface area contributed by atoms with Crippen molar-refractivity contribution in [2.24, 2.45) is 5.92 Å². The van der Waals surface area contributed by atoms with Crippen LogP contribution in [0.4, 0.5) is 0 Å². The minimum atomic E-state index is -0.0995. The van der Waals surface area contributed by atoms with Gasteiger partial charge in [0.1, 0.15) is 11.5 Å². The molecule has 18 heavy (non-hydrogen) atoms. The van der Waals surface area contributed by atoms with Gasteiger partial charge in [-0.25, -0.2) is 0 Å². The number of benzene rings is 1. The number of carbonyl (C=O) groups excluding carboxylic acids is 1. The minimum Gasteiger partial charge on any atom is -0.494 e. The second-order valence-electron chi connectivity index (χ2n) is 4.39. The molecule has 4 nitrogen and oxygen atoms in total. The van der Waals surface area contributed by atoms with Crippen molar-refractivity contribution in [3.63, 3.8) is 0 Å². The molecule has 1 rings (SSSR count). The maximum Gasteiger partial charge on any atom is 0.257 e. The van der Waals surface area contributed by atoms with Crippen LogP contribution in [0, 0.1) is 5.92 Å². The molecule has 1 aromatic rings. The topological polar surface area (TPSA) is 47.6 Å². The van der Waals surface area contributed by atoms with Crippen molar-refractivity contribution >= 4 is 5.91 Å². The first-order valence-electron chi connectivity index (χ1n) is 6.24. The van der Waals surface area contributed by atoms with E-state index < -0.39 is 0 Å². The van der Waals surface area contributed by atoms with Gasteiger partial charge in [0, 0.05) is 6.54 Å². The largest absolute Gasteiger partial charge is 0.494 e. The van der Waals surface area contributed by atoms with Gasteiger partial charge in [0.25, 0.3) is 5.91 Å². The normalized spacial score (nSPS) is 10.2. The molecular formula is C14H21NO3. The molecule has 0 radical (unpaired) electrons. The fraction of sp³-hybridized carbons (Fsp3) is 0.500. The van der Waals surface area contributed by atoms with Gasteiger partial charge in [-0.05, 0) is 37.1 Å². The van der Waals surface area contributed by atoms with Crippen LogP contribution >= 0.6 is 0 Å². The van der Waals surface area contributed by atoms with E-state index in [0.29, 0.717) is 24.8 Å². The lowest BCUT2D eigenvalue weighted by molar-refractivity contribution is -0.123. The van der Waals surface area contributed by atoms with Crippen LogP contribution in [-0.2, 0) is 4.79 Å². The van der Waals surface area contributed by atoms with Gasteiger partial charge in [-0.3, -0.25) is 4.79 Å². The molecular weight excluding hydrogens is 230 g/mol. The van der Waals surface area contributed by atoms with Crippen LogP contribution in [0.2, 0.25) is 0 Å². The van der Waals surface area contributed by atoms with Crippen molar-refractivity contribution in [1.82, 2.24) is 5.32 Å². The van der Waals surface area contributed by atoms with Gasteiger partial charge in [0.15, 0.2) is 6.61 Å². The zero-order chi connectivity index (χ0) is 13.4. The first-order valence-corrected chi connectivity index (χ1v) is 6.24. The van der Waals surface area contributed by atoms with E-state index in [1.165, 1.54) is 0 Å². The highest BCUT2D eigenvalue weighted by molar-refractivity contribution is 5.77. The summed E-state index contributed by atoms with van der Waals surface area (Å²) in [5, 5.41) is 2.80. The lowest BCUT2D eigenvalue weighted by atomic mass is 10.2. The van der Waals surface area contributed by atoms with Crippen LogP contribution in [0.1, 0.15) is 20.8 Å². The Kier molecular flexibility index (Phi) is 6.05. The molecule has 1 aromatic carbocycles. The Morgan fingerprint density at radius 3 is 2.22 bits per heavy atom. The van der Waals surface area contributed by atoms with E-state index in [1.54, 1.807) is 12.1 Å². The number of hydrogen-bond donors (Lipinski definition) is 1. The first-order chi connectivity index (χ1) is 8.61. The van der Waals surface area contributed by atoms with E-state index in [-0.39, 0.29) is 12.5 Å². The van der Waals surface area contributed by atoms with Gasteiger partial charge in [-0.1, -0.05) is 13.8 Å². The highest BCUT2D eigenvalue weighted by Crippen LogP contribution is 2.17. The molecule has 0 fully saturated rings. The fourth-order valence-electron chi connectivity index (χ4n) is 1.32. The van der Waals surface area contributed by atoms with Gasteiger partial charge in [-0.2, -0.15) is 0 Å². The number of rotatable bonds is 7. The minimum absolute atomic E-state index is 0.0424. The van der Waals surface area contributed by atoms with Crippen LogP contribution in [-0.4, -0.2) is 25.7 Å². The third kappa shape index (κ3) is 5.57. The average molecular weight is 251 g/mol. The van der Waals surface area contributed by atoms with Crippen LogP contribution in [0.3, 0.4) is 0 Å². The predicted molar refractivity (Wildman–Crippen MR) is 71.0 cm³/mol. The van der Waals surface area contributed by atoms with Crippen LogP contribution < -0.4 is 14.8 Å². The smallest absolute Gasteiger partial charge is 0.257 e. The van der Waals surface area contributed by atoms with E-state index in [0.717, 1.165) is 5.75 Å². The Balaban J connectivity index is 2.32. The summed E-state index contributed by atoms with van der Waals surface area (Å²) in [7, 11) is 0. The van der Waals surface area contributed by atoms with E-state index in [1.807, 2.05) is 32.9 Å². The summed E-state index contributed by atoms with van der Waals surface area (Å²) >= 11 is 0. The van der Waals surface area contributed by atoms with Crippen LogP contribution in [0.25, 0.3) is 0 Å². The van der Waals surface area contributed by atoms with Crippen molar-refractivity contribution in [3.8, 4) is 11.5 Å². The number of nitrogens with one attached hydrogen (secondary N) is 1. The molecule has 0 saturated carbocycles. The Bertz CT molecular complexity index is 360. The van der Waals surface area contributed by atoms with Crippen LogP contribution in [0.5, 0.6) is 11.5 Å². The summed E-state index contributed by atoms with van der Waals surface area (Å²) in [5.41, 5.74) is 0. The molecule has 0 bridgehead atoms. The van der Waals surface area contributed by atoms with E-state index in [2.05, 4.69) is 5.32 Å². The molecule has 0 atom stereocenters. The molecule has 0 aliphatic carbocycles. The van der Waals surface area contributed by atoms with Crippen molar-refractivity contribution in [3.05, 3.63) is 24.3 Å². The molecule has 0 unspecified atom stereocenters. The zero-order valence-electron chi connectivity index (χ0n) is 11.2. The summed E-state index contributed by atoms with van der Waals surface area (Å²) in [6.45, 7) is 7.38.